The van der Waals surface area contributed by atoms with Gasteiger partial charge in [-0.05, 0) is 55.4 Å². The molecule has 2 N–H and O–H groups in total. The summed E-state index contributed by atoms with van der Waals surface area (Å²) in [4.78, 5) is 29.2. The van der Waals surface area contributed by atoms with Crippen LogP contribution in [-0.4, -0.2) is 54.3 Å². The molecule has 0 saturated carbocycles. The van der Waals surface area contributed by atoms with E-state index < -0.39 is 12.1 Å². The number of unbranched alkanes of at least 4 members (excludes halogenated alkanes) is 2. The Bertz CT molecular complexity index is 726. The fraction of sp³-hybridized carbons (Fsp3) is 0.565. The van der Waals surface area contributed by atoms with Gasteiger partial charge in [-0.2, -0.15) is 0 Å². The van der Waals surface area contributed by atoms with Gasteiger partial charge in [-0.1, -0.05) is 35.9 Å². The smallest absolute Gasteiger partial charge is 0.245 e. The molecule has 1 aromatic rings. The lowest BCUT2D eigenvalue weighted by atomic mass is 10.00. The molecule has 1 aromatic carbocycles. The molecule has 2 atom stereocenters. The van der Waals surface area contributed by atoms with Crippen LogP contribution in [0.1, 0.15) is 45.1 Å². The van der Waals surface area contributed by atoms with Crippen LogP contribution in [-0.2, 0) is 16.0 Å². The van der Waals surface area contributed by atoms with Crippen LogP contribution in [0.25, 0.3) is 0 Å². The minimum Gasteiger partial charge on any atom is -0.344 e. The van der Waals surface area contributed by atoms with Crippen molar-refractivity contribution < 1.29 is 14.0 Å². The Hall–Kier alpha value is -1.73. The maximum absolute atomic E-state index is 13.8. The van der Waals surface area contributed by atoms with Crippen LogP contribution in [0, 0.1) is 11.7 Å². The zero-order chi connectivity index (χ0) is 22.8. The van der Waals surface area contributed by atoms with Gasteiger partial charge in [-0.3, -0.25) is 9.59 Å². The minimum atomic E-state index is -0.766. The molecule has 0 aliphatic rings. The highest BCUT2D eigenvalue weighted by atomic mass is 79.9. The summed E-state index contributed by atoms with van der Waals surface area (Å²) in [6.45, 7) is 8.28. The van der Waals surface area contributed by atoms with Gasteiger partial charge in [-0.15, -0.1) is 6.58 Å². The van der Waals surface area contributed by atoms with E-state index in [0.717, 1.165) is 19.3 Å². The van der Waals surface area contributed by atoms with Crippen LogP contribution >= 0.6 is 15.9 Å². The van der Waals surface area contributed by atoms with Crippen LogP contribution in [0.2, 0.25) is 0 Å². The number of hydrogen-bond donors (Lipinski definition) is 1. The van der Waals surface area contributed by atoms with E-state index >= 15 is 0 Å². The van der Waals surface area contributed by atoms with Crippen LogP contribution in [0.5, 0.6) is 0 Å². The molecule has 0 aliphatic heterocycles. The van der Waals surface area contributed by atoms with Gasteiger partial charge in [0.2, 0.25) is 11.8 Å². The van der Waals surface area contributed by atoms with Crippen LogP contribution < -0.4 is 5.73 Å². The number of carbonyl (C=O) groups excluding carboxylic acids is 2. The largest absolute Gasteiger partial charge is 0.344 e. The molecule has 0 aromatic heterocycles. The van der Waals surface area contributed by atoms with Crippen molar-refractivity contribution >= 4 is 27.7 Å². The lowest BCUT2D eigenvalue weighted by molar-refractivity contribution is -0.144. The number of benzene rings is 1. The molecule has 2 amide bonds. The average molecular weight is 484 g/mol. The third kappa shape index (κ3) is 8.19. The molecule has 0 heterocycles. The van der Waals surface area contributed by atoms with Gasteiger partial charge in [0.15, 0.2) is 0 Å². The summed E-state index contributed by atoms with van der Waals surface area (Å²) >= 11 is 3.42. The Morgan fingerprint density at radius 1 is 1.23 bits per heavy atom. The van der Waals surface area contributed by atoms with E-state index in [1.807, 2.05) is 19.9 Å². The van der Waals surface area contributed by atoms with E-state index in [9.17, 15) is 14.0 Å². The highest BCUT2D eigenvalue weighted by Gasteiger charge is 2.32. The maximum Gasteiger partial charge on any atom is 0.245 e. The number of nitrogens with two attached hydrogens (primary N) is 1. The summed E-state index contributed by atoms with van der Waals surface area (Å²) in [5.41, 5.74) is 6.73. The number of amides is 2. The molecule has 168 valence electrons. The Labute approximate surface area is 188 Å². The first-order valence-corrected chi connectivity index (χ1v) is 11.2. The van der Waals surface area contributed by atoms with Gasteiger partial charge in [-0.25, -0.2) is 4.39 Å². The molecule has 0 bridgehead atoms. The third-order valence-electron chi connectivity index (χ3n) is 5.09. The number of carbonyl (C=O) groups is 2. The van der Waals surface area contributed by atoms with Gasteiger partial charge in [0.25, 0.3) is 0 Å². The first kappa shape index (κ1) is 26.3. The van der Waals surface area contributed by atoms with E-state index in [2.05, 4.69) is 22.5 Å². The molecule has 7 heteroatoms. The van der Waals surface area contributed by atoms with Crippen molar-refractivity contribution in [3.8, 4) is 0 Å². The van der Waals surface area contributed by atoms with Gasteiger partial charge in [0.1, 0.15) is 11.9 Å². The second-order valence-electron chi connectivity index (χ2n) is 8.19. The monoisotopic (exact) mass is 483 g/mol. The summed E-state index contributed by atoms with van der Waals surface area (Å²) in [5, 5.41) is 0. The molecule has 0 fully saturated rings. The van der Waals surface area contributed by atoms with Crippen molar-refractivity contribution in [2.75, 3.05) is 20.6 Å². The molecule has 0 aliphatic carbocycles. The first-order valence-electron chi connectivity index (χ1n) is 10.4. The summed E-state index contributed by atoms with van der Waals surface area (Å²) in [5.74, 6) is -0.592. The van der Waals surface area contributed by atoms with Crippen molar-refractivity contribution in [3.05, 3.63) is 46.7 Å². The summed E-state index contributed by atoms with van der Waals surface area (Å²) in [7, 11) is 3.33. The Morgan fingerprint density at radius 3 is 2.50 bits per heavy atom. The zero-order valence-corrected chi connectivity index (χ0v) is 20.1. The van der Waals surface area contributed by atoms with E-state index in [0.29, 0.717) is 23.0 Å². The number of rotatable bonds is 12. The number of nitrogens with zero attached hydrogens (tertiary/aromatic N) is 2. The lowest BCUT2D eigenvalue weighted by Gasteiger charge is -2.33. The second-order valence-corrected chi connectivity index (χ2v) is 9.04. The van der Waals surface area contributed by atoms with E-state index in [1.165, 1.54) is 17.0 Å². The minimum absolute atomic E-state index is 0.183. The summed E-state index contributed by atoms with van der Waals surface area (Å²) < 4.78 is 14.5. The second kappa shape index (κ2) is 12.8. The van der Waals surface area contributed by atoms with Crippen molar-refractivity contribution in [2.45, 2.75) is 58.0 Å². The van der Waals surface area contributed by atoms with Gasteiger partial charge < -0.3 is 15.5 Å². The quantitative estimate of drug-likeness (QED) is 0.358. The Kier molecular flexibility index (Phi) is 11.3. The first-order chi connectivity index (χ1) is 14.1. The summed E-state index contributed by atoms with van der Waals surface area (Å²) in [6, 6.07) is 2.90. The van der Waals surface area contributed by atoms with Crippen molar-refractivity contribution in [1.82, 2.24) is 9.80 Å². The van der Waals surface area contributed by atoms with E-state index in [1.54, 1.807) is 25.1 Å². The average Bonchev–Trinajstić information content (AvgIpc) is 2.69. The van der Waals surface area contributed by atoms with Crippen LogP contribution in [0.4, 0.5) is 4.39 Å². The van der Waals surface area contributed by atoms with Gasteiger partial charge in [0, 0.05) is 31.5 Å². The molecule has 30 heavy (non-hydrogen) atoms. The number of allylic oxidation sites excluding steroid dienone is 1. The highest BCUT2D eigenvalue weighted by molar-refractivity contribution is 9.10. The fourth-order valence-corrected chi connectivity index (χ4v) is 3.73. The molecule has 0 saturated heterocycles. The standard InChI is InChI=1S/C23H35BrFN3O2/c1-6-7-8-9-12-27(4)23(30)21(15-17-14-18(25)10-11-19(17)24)28(5)22(29)20(26)13-16(2)3/h6,10-11,14,16,20-21H,1,7-9,12-13,15,26H2,2-5H3/t20-,21-/m0/s1. The number of hydrogen-bond acceptors (Lipinski definition) is 3. The molecular formula is C23H35BrFN3O2. The van der Waals surface area contributed by atoms with E-state index in [-0.39, 0.29) is 30.0 Å². The zero-order valence-electron chi connectivity index (χ0n) is 18.5. The topological polar surface area (TPSA) is 66.6 Å². The Morgan fingerprint density at radius 2 is 1.90 bits per heavy atom. The van der Waals surface area contributed by atoms with Crippen molar-refractivity contribution in [3.63, 3.8) is 0 Å². The Balaban J connectivity index is 3.08. The third-order valence-corrected chi connectivity index (χ3v) is 5.87. The molecule has 1 rings (SSSR count). The fourth-order valence-electron chi connectivity index (χ4n) is 3.32. The molecule has 0 spiro atoms. The van der Waals surface area contributed by atoms with Crippen LogP contribution in [0.3, 0.4) is 0 Å². The lowest BCUT2D eigenvalue weighted by Crippen LogP contribution is -2.54. The molecule has 5 nitrogen and oxygen atoms in total. The predicted octanol–water partition coefficient (Wildman–Crippen LogP) is 4.15. The highest BCUT2D eigenvalue weighted by Crippen LogP contribution is 2.22. The van der Waals surface area contributed by atoms with E-state index in [4.69, 9.17) is 5.73 Å². The molecular weight excluding hydrogens is 449 g/mol. The van der Waals surface area contributed by atoms with Gasteiger partial charge in [0.05, 0.1) is 6.04 Å². The molecule has 0 radical (unpaired) electrons. The molecule has 0 unspecified atom stereocenters. The predicted molar refractivity (Wildman–Crippen MR) is 123 cm³/mol. The van der Waals surface area contributed by atoms with Crippen molar-refractivity contribution in [2.24, 2.45) is 11.7 Å². The number of halogens is 2. The van der Waals surface area contributed by atoms with Crippen molar-refractivity contribution in [1.29, 1.82) is 0 Å². The normalized spacial score (nSPS) is 13.1. The summed E-state index contributed by atoms with van der Waals surface area (Å²) in [6.07, 6.45) is 5.26. The maximum atomic E-state index is 13.8. The number of likely N-dealkylation sites (N-methyl/N-ethyl adjacent to an activating group) is 2. The van der Waals surface area contributed by atoms with Crippen LogP contribution in [0.15, 0.2) is 35.3 Å². The van der Waals surface area contributed by atoms with Gasteiger partial charge >= 0.3 is 0 Å². The SMILES string of the molecule is C=CCCCCN(C)C(=O)[C@H](Cc1cc(F)ccc1Br)N(C)C(=O)[C@@H](N)CC(C)C.